The molecule has 0 aromatic heterocycles. The van der Waals surface area contributed by atoms with Gasteiger partial charge in [-0.3, -0.25) is 0 Å². The van der Waals surface area contributed by atoms with Crippen LogP contribution in [0, 0.1) is 11.7 Å². The molecule has 1 saturated carbocycles. The molecule has 1 aromatic carbocycles. The van der Waals surface area contributed by atoms with Crippen molar-refractivity contribution in [1.29, 1.82) is 0 Å². The Morgan fingerprint density at radius 3 is 2.83 bits per heavy atom. The third-order valence-corrected chi connectivity index (χ3v) is 4.24. The van der Waals surface area contributed by atoms with E-state index in [0.29, 0.717) is 12.0 Å². The van der Waals surface area contributed by atoms with Gasteiger partial charge in [0.15, 0.2) is 0 Å². The maximum absolute atomic E-state index is 13.1. The average Bonchev–Trinajstić information content (AvgIpc) is 2.59. The van der Waals surface area contributed by atoms with Gasteiger partial charge in [-0.1, -0.05) is 36.9 Å². The Balaban J connectivity index is 2.00. The van der Waals surface area contributed by atoms with Crippen molar-refractivity contribution in [3.8, 4) is 0 Å². The Bertz CT molecular complexity index is 394. The quantitative estimate of drug-likeness (QED) is 0.812. The molecular formula is C15H21ClFN. The normalized spacial score (nSPS) is 24.8. The molecule has 1 N–H and O–H groups in total. The van der Waals surface area contributed by atoms with Gasteiger partial charge in [-0.25, -0.2) is 4.39 Å². The minimum Gasteiger partial charge on any atom is -0.317 e. The van der Waals surface area contributed by atoms with E-state index < -0.39 is 0 Å². The molecule has 1 aliphatic carbocycles. The van der Waals surface area contributed by atoms with Crippen molar-refractivity contribution < 1.29 is 4.39 Å². The van der Waals surface area contributed by atoms with E-state index in [1.807, 2.05) is 13.1 Å². The molecule has 100 valence electrons. The van der Waals surface area contributed by atoms with Gasteiger partial charge in [0.25, 0.3) is 0 Å². The Kier molecular flexibility index (Phi) is 5.02. The average molecular weight is 270 g/mol. The molecule has 0 spiro atoms. The van der Waals surface area contributed by atoms with Crippen LogP contribution in [0.4, 0.5) is 4.39 Å². The first-order valence-corrected chi connectivity index (χ1v) is 7.18. The van der Waals surface area contributed by atoms with Crippen LogP contribution in [-0.4, -0.2) is 13.1 Å². The monoisotopic (exact) mass is 269 g/mol. The Labute approximate surface area is 114 Å². The highest BCUT2D eigenvalue weighted by Gasteiger charge is 2.19. The topological polar surface area (TPSA) is 12.0 Å². The van der Waals surface area contributed by atoms with Gasteiger partial charge in [0, 0.05) is 6.04 Å². The van der Waals surface area contributed by atoms with Crippen molar-refractivity contribution in [2.45, 2.75) is 44.6 Å². The lowest BCUT2D eigenvalue weighted by Crippen LogP contribution is -2.26. The molecule has 1 nitrogen and oxygen atoms in total. The first-order valence-electron chi connectivity index (χ1n) is 6.80. The lowest BCUT2D eigenvalue weighted by atomic mass is 9.91. The molecule has 2 rings (SSSR count). The fraction of sp³-hybridized carbons (Fsp3) is 0.600. The molecule has 0 amide bonds. The fourth-order valence-electron chi connectivity index (χ4n) is 2.91. The van der Waals surface area contributed by atoms with E-state index >= 15 is 0 Å². The van der Waals surface area contributed by atoms with E-state index in [0.717, 1.165) is 12.0 Å². The summed E-state index contributed by atoms with van der Waals surface area (Å²) in [6.07, 6.45) is 7.39. The molecule has 1 aromatic rings. The predicted octanol–water partition coefficient (Wildman–Crippen LogP) is 4.19. The zero-order chi connectivity index (χ0) is 13.0. The lowest BCUT2D eigenvalue weighted by Gasteiger charge is -2.19. The lowest BCUT2D eigenvalue weighted by molar-refractivity contribution is 0.400. The van der Waals surface area contributed by atoms with Crippen LogP contribution in [0.1, 0.15) is 37.7 Å². The molecule has 0 bridgehead atoms. The van der Waals surface area contributed by atoms with Crippen LogP contribution in [0.25, 0.3) is 0 Å². The molecule has 2 unspecified atom stereocenters. The maximum Gasteiger partial charge on any atom is 0.141 e. The van der Waals surface area contributed by atoms with Crippen LogP contribution in [0.5, 0.6) is 0 Å². The number of nitrogens with one attached hydrogen (secondary N) is 1. The van der Waals surface area contributed by atoms with E-state index in [2.05, 4.69) is 5.32 Å². The van der Waals surface area contributed by atoms with Gasteiger partial charge in [-0.2, -0.15) is 0 Å². The van der Waals surface area contributed by atoms with E-state index in [-0.39, 0.29) is 10.8 Å². The molecule has 0 aliphatic heterocycles. The molecule has 1 aliphatic rings. The van der Waals surface area contributed by atoms with Gasteiger partial charge in [0.1, 0.15) is 5.82 Å². The second kappa shape index (κ2) is 6.53. The zero-order valence-corrected chi connectivity index (χ0v) is 11.6. The van der Waals surface area contributed by atoms with Crippen molar-refractivity contribution in [2.75, 3.05) is 7.05 Å². The summed E-state index contributed by atoms with van der Waals surface area (Å²) in [4.78, 5) is 0. The summed E-state index contributed by atoms with van der Waals surface area (Å²) < 4.78 is 13.1. The van der Waals surface area contributed by atoms with E-state index in [1.54, 1.807) is 6.07 Å². The van der Waals surface area contributed by atoms with Crippen LogP contribution < -0.4 is 5.32 Å². The van der Waals surface area contributed by atoms with E-state index in [4.69, 9.17) is 11.6 Å². The van der Waals surface area contributed by atoms with Gasteiger partial charge >= 0.3 is 0 Å². The minimum atomic E-state index is -0.325. The largest absolute Gasteiger partial charge is 0.317 e. The smallest absolute Gasteiger partial charge is 0.141 e. The number of halogens is 2. The molecule has 0 heterocycles. The maximum atomic E-state index is 13.1. The summed E-state index contributed by atoms with van der Waals surface area (Å²) in [6, 6.07) is 5.74. The molecule has 0 saturated heterocycles. The second-order valence-electron chi connectivity index (χ2n) is 5.32. The predicted molar refractivity (Wildman–Crippen MR) is 74.5 cm³/mol. The van der Waals surface area contributed by atoms with Gasteiger partial charge in [0.05, 0.1) is 5.02 Å². The molecule has 2 atom stereocenters. The Hall–Kier alpha value is -0.600. The summed E-state index contributed by atoms with van der Waals surface area (Å²) in [5.41, 5.74) is 1.16. The van der Waals surface area contributed by atoms with Crippen LogP contribution in [0.3, 0.4) is 0 Å². The number of rotatable bonds is 3. The molecule has 1 fully saturated rings. The number of benzene rings is 1. The highest BCUT2D eigenvalue weighted by molar-refractivity contribution is 6.30. The summed E-state index contributed by atoms with van der Waals surface area (Å²) in [5, 5.41) is 3.64. The van der Waals surface area contributed by atoms with Crippen LogP contribution >= 0.6 is 11.6 Å². The first kappa shape index (κ1) is 13.8. The van der Waals surface area contributed by atoms with E-state index in [9.17, 15) is 4.39 Å². The highest BCUT2D eigenvalue weighted by atomic mass is 35.5. The van der Waals surface area contributed by atoms with Crippen molar-refractivity contribution in [1.82, 2.24) is 5.32 Å². The molecule has 18 heavy (non-hydrogen) atoms. The summed E-state index contributed by atoms with van der Waals surface area (Å²) in [5.74, 6) is 0.362. The SMILES string of the molecule is CNC1CCCCC(Cc2ccc(F)c(Cl)c2)C1. The Morgan fingerprint density at radius 2 is 2.11 bits per heavy atom. The molecule has 3 heteroatoms. The van der Waals surface area contributed by atoms with Gasteiger partial charge < -0.3 is 5.32 Å². The number of hydrogen-bond donors (Lipinski definition) is 1. The third-order valence-electron chi connectivity index (χ3n) is 3.95. The summed E-state index contributed by atoms with van der Waals surface area (Å²) in [7, 11) is 2.04. The molecule has 0 radical (unpaired) electrons. The number of hydrogen-bond acceptors (Lipinski definition) is 1. The fourth-order valence-corrected chi connectivity index (χ4v) is 3.11. The van der Waals surface area contributed by atoms with Gasteiger partial charge in [-0.15, -0.1) is 0 Å². The zero-order valence-electron chi connectivity index (χ0n) is 10.9. The van der Waals surface area contributed by atoms with Gasteiger partial charge in [0.2, 0.25) is 0 Å². The summed E-state index contributed by atoms with van der Waals surface area (Å²) >= 11 is 5.83. The van der Waals surface area contributed by atoms with Gasteiger partial charge in [-0.05, 0) is 49.9 Å². The third kappa shape index (κ3) is 3.69. The van der Waals surface area contributed by atoms with Crippen molar-refractivity contribution in [3.63, 3.8) is 0 Å². The van der Waals surface area contributed by atoms with Crippen LogP contribution in [0.15, 0.2) is 18.2 Å². The van der Waals surface area contributed by atoms with Crippen LogP contribution in [0.2, 0.25) is 5.02 Å². The van der Waals surface area contributed by atoms with Crippen LogP contribution in [-0.2, 0) is 6.42 Å². The van der Waals surface area contributed by atoms with E-state index in [1.165, 1.54) is 38.2 Å². The van der Waals surface area contributed by atoms with Crippen molar-refractivity contribution in [3.05, 3.63) is 34.6 Å². The van der Waals surface area contributed by atoms with Crippen molar-refractivity contribution >= 4 is 11.6 Å². The highest BCUT2D eigenvalue weighted by Crippen LogP contribution is 2.27. The summed E-state index contributed by atoms with van der Waals surface area (Å²) in [6.45, 7) is 0. The van der Waals surface area contributed by atoms with Crippen molar-refractivity contribution in [2.24, 2.45) is 5.92 Å². The Morgan fingerprint density at radius 1 is 1.33 bits per heavy atom. The first-order chi connectivity index (χ1) is 8.69. The standard InChI is InChI=1S/C15H21ClFN/c1-18-13-5-3-2-4-11(9-13)8-12-6-7-15(17)14(16)10-12/h6-7,10-11,13,18H,2-5,8-9H2,1H3. The minimum absolute atomic E-state index is 0.242. The molecular weight excluding hydrogens is 249 g/mol. The second-order valence-corrected chi connectivity index (χ2v) is 5.73.